The maximum Gasteiger partial charge on any atom is 0.243 e. The minimum atomic E-state index is -0.139. The van der Waals surface area contributed by atoms with Crippen LogP contribution in [0.4, 0.5) is 0 Å². The Bertz CT molecular complexity index is 400. The molecule has 0 radical (unpaired) electrons. The van der Waals surface area contributed by atoms with Gasteiger partial charge in [0, 0.05) is 32.5 Å². The Labute approximate surface area is 111 Å². The van der Waals surface area contributed by atoms with Crippen LogP contribution in [0.2, 0.25) is 0 Å². The van der Waals surface area contributed by atoms with Crippen molar-refractivity contribution in [1.82, 2.24) is 9.97 Å². The molecule has 3 N–H and O–H groups in total. The van der Waals surface area contributed by atoms with Gasteiger partial charge in [-0.05, 0) is 0 Å². The van der Waals surface area contributed by atoms with Crippen molar-refractivity contribution in [2.75, 3.05) is 33.5 Å². The first-order valence-corrected chi connectivity index (χ1v) is 5.78. The molecule has 0 unspecified atom stereocenters. The standard InChI is InChI=1S/C11H18N4O4/c1-17-7-8-18-5-2-6-19-11-9(10(12)15-16)13-3-4-14-11/h3-4,16H,2,5-8H2,1H3,(H2,12,15). The number of amidine groups is 1. The van der Waals surface area contributed by atoms with Gasteiger partial charge in [0.1, 0.15) is 0 Å². The van der Waals surface area contributed by atoms with Crippen molar-refractivity contribution < 1.29 is 19.4 Å². The molecule has 0 fully saturated rings. The van der Waals surface area contributed by atoms with Crippen molar-refractivity contribution in [3.8, 4) is 5.88 Å². The lowest BCUT2D eigenvalue weighted by molar-refractivity contribution is 0.0641. The quantitative estimate of drug-likeness (QED) is 0.213. The molecule has 0 aliphatic carbocycles. The van der Waals surface area contributed by atoms with E-state index >= 15 is 0 Å². The topological polar surface area (TPSA) is 112 Å². The first-order chi connectivity index (χ1) is 9.29. The minimum absolute atomic E-state index is 0.139. The molecule has 0 aliphatic rings. The normalized spacial score (nSPS) is 11.5. The lowest BCUT2D eigenvalue weighted by Crippen LogP contribution is -2.18. The van der Waals surface area contributed by atoms with E-state index in [1.165, 1.54) is 12.4 Å². The van der Waals surface area contributed by atoms with Gasteiger partial charge in [-0.1, -0.05) is 5.16 Å². The number of nitrogens with two attached hydrogens (primary N) is 1. The predicted octanol–water partition coefficient (Wildman–Crippen LogP) is 0.00300. The number of oxime groups is 1. The summed E-state index contributed by atoms with van der Waals surface area (Å²) < 4.78 is 15.5. The predicted molar refractivity (Wildman–Crippen MR) is 67.3 cm³/mol. The molecule has 1 heterocycles. The second-order valence-electron chi connectivity index (χ2n) is 3.50. The highest BCUT2D eigenvalue weighted by atomic mass is 16.5. The van der Waals surface area contributed by atoms with Gasteiger partial charge in [0.25, 0.3) is 0 Å². The molecule has 0 amide bonds. The fourth-order valence-corrected chi connectivity index (χ4v) is 1.23. The van der Waals surface area contributed by atoms with E-state index < -0.39 is 0 Å². The summed E-state index contributed by atoms with van der Waals surface area (Å²) >= 11 is 0. The summed E-state index contributed by atoms with van der Waals surface area (Å²) in [6, 6.07) is 0. The van der Waals surface area contributed by atoms with Crippen molar-refractivity contribution in [2.45, 2.75) is 6.42 Å². The summed E-state index contributed by atoms with van der Waals surface area (Å²) in [4.78, 5) is 7.92. The van der Waals surface area contributed by atoms with Crippen molar-refractivity contribution in [3.63, 3.8) is 0 Å². The van der Waals surface area contributed by atoms with Gasteiger partial charge in [0.2, 0.25) is 5.88 Å². The second-order valence-corrected chi connectivity index (χ2v) is 3.50. The van der Waals surface area contributed by atoms with E-state index in [-0.39, 0.29) is 17.4 Å². The number of nitrogens with zero attached hydrogens (tertiary/aromatic N) is 3. The van der Waals surface area contributed by atoms with Gasteiger partial charge in [0.05, 0.1) is 19.8 Å². The highest BCUT2D eigenvalue weighted by molar-refractivity contribution is 5.97. The molecule has 19 heavy (non-hydrogen) atoms. The van der Waals surface area contributed by atoms with E-state index in [1.807, 2.05) is 0 Å². The van der Waals surface area contributed by atoms with E-state index in [0.29, 0.717) is 32.8 Å². The first kappa shape index (κ1) is 15.1. The van der Waals surface area contributed by atoms with Crippen LogP contribution < -0.4 is 10.5 Å². The molecule has 1 aromatic rings. The van der Waals surface area contributed by atoms with E-state index in [9.17, 15) is 0 Å². The molecular formula is C11H18N4O4. The van der Waals surface area contributed by atoms with Gasteiger partial charge in [-0.2, -0.15) is 0 Å². The number of ether oxygens (including phenoxy) is 3. The maximum atomic E-state index is 8.61. The van der Waals surface area contributed by atoms with Gasteiger partial charge >= 0.3 is 0 Å². The molecule has 1 aromatic heterocycles. The van der Waals surface area contributed by atoms with E-state index in [1.54, 1.807) is 7.11 Å². The zero-order valence-electron chi connectivity index (χ0n) is 10.8. The van der Waals surface area contributed by atoms with Gasteiger partial charge in [0.15, 0.2) is 11.5 Å². The highest BCUT2D eigenvalue weighted by Gasteiger charge is 2.10. The van der Waals surface area contributed by atoms with Crippen LogP contribution in [0.3, 0.4) is 0 Å². The van der Waals surface area contributed by atoms with Gasteiger partial charge in [-0.25, -0.2) is 9.97 Å². The SMILES string of the molecule is COCCOCCCOc1nccnc1C(N)=NO. The van der Waals surface area contributed by atoms with Gasteiger partial charge in [-0.15, -0.1) is 0 Å². The Morgan fingerprint density at radius 1 is 1.26 bits per heavy atom. The van der Waals surface area contributed by atoms with Crippen molar-refractivity contribution in [2.24, 2.45) is 10.9 Å². The third-order valence-electron chi connectivity index (χ3n) is 2.12. The molecule has 0 spiro atoms. The molecule has 8 heteroatoms. The molecule has 0 aliphatic heterocycles. The average Bonchev–Trinajstić information content (AvgIpc) is 2.46. The van der Waals surface area contributed by atoms with Crippen LogP contribution in [-0.4, -0.2) is 54.5 Å². The Morgan fingerprint density at radius 2 is 2.05 bits per heavy atom. The molecule has 0 bridgehead atoms. The summed E-state index contributed by atoms with van der Waals surface area (Å²) in [6.45, 7) is 2.08. The number of aromatic nitrogens is 2. The van der Waals surface area contributed by atoms with Crippen LogP contribution in [0.15, 0.2) is 17.5 Å². The largest absolute Gasteiger partial charge is 0.476 e. The summed E-state index contributed by atoms with van der Waals surface area (Å²) in [6.07, 6.45) is 3.60. The highest BCUT2D eigenvalue weighted by Crippen LogP contribution is 2.10. The third kappa shape index (κ3) is 5.49. The smallest absolute Gasteiger partial charge is 0.243 e. The zero-order valence-corrected chi connectivity index (χ0v) is 10.8. The molecule has 0 saturated carbocycles. The van der Waals surface area contributed by atoms with E-state index in [0.717, 1.165) is 0 Å². The molecule has 1 rings (SSSR count). The van der Waals surface area contributed by atoms with Gasteiger partial charge in [-0.3, -0.25) is 0 Å². The van der Waals surface area contributed by atoms with Crippen molar-refractivity contribution in [3.05, 3.63) is 18.1 Å². The van der Waals surface area contributed by atoms with Crippen LogP contribution in [-0.2, 0) is 9.47 Å². The third-order valence-corrected chi connectivity index (χ3v) is 2.12. The second kappa shape index (κ2) is 9.06. The van der Waals surface area contributed by atoms with Gasteiger partial charge < -0.3 is 25.2 Å². The van der Waals surface area contributed by atoms with Crippen LogP contribution >= 0.6 is 0 Å². The number of rotatable bonds is 9. The fraction of sp³-hybridized carbons (Fsp3) is 0.545. The molecule has 0 aromatic carbocycles. The fourth-order valence-electron chi connectivity index (χ4n) is 1.23. The van der Waals surface area contributed by atoms with E-state index in [4.69, 9.17) is 25.2 Å². The molecule has 8 nitrogen and oxygen atoms in total. The Hall–Kier alpha value is -1.93. The van der Waals surface area contributed by atoms with E-state index in [2.05, 4.69) is 15.1 Å². The Kier molecular flexibility index (Phi) is 7.21. The lowest BCUT2D eigenvalue weighted by Gasteiger charge is -2.08. The Morgan fingerprint density at radius 3 is 2.79 bits per heavy atom. The maximum absolute atomic E-state index is 8.61. The van der Waals surface area contributed by atoms with Crippen LogP contribution in [0.5, 0.6) is 5.88 Å². The molecule has 106 valence electrons. The monoisotopic (exact) mass is 270 g/mol. The lowest BCUT2D eigenvalue weighted by atomic mass is 10.4. The first-order valence-electron chi connectivity index (χ1n) is 5.78. The summed E-state index contributed by atoms with van der Waals surface area (Å²) in [5, 5.41) is 11.5. The minimum Gasteiger partial charge on any atom is -0.476 e. The molecule has 0 saturated heterocycles. The molecule has 0 atom stereocenters. The number of hydrogen-bond donors (Lipinski definition) is 2. The summed E-state index contributed by atoms with van der Waals surface area (Å²) in [7, 11) is 1.62. The molecular weight excluding hydrogens is 252 g/mol. The van der Waals surface area contributed by atoms with Crippen LogP contribution in [0.25, 0.3) is 0 Å². The Balaban J connectivity index is 2.33. The summed E-state index contributed by atoms with van der Waals surface area (Å²) in [5.41, 5.74) is 5.67. The van der Waals surface area contributed by atoms with Crippen molar-refractivity contribution >= 4 is 5.84 Å². The summed E-state index contributed by atoms with van der Waals surface area (Å²) in [5.74, 6) is 0.0918. The van der Waals surface area contributed by atoms with Crippen LogP contribution in [0, 0.1) is 0 Å². The van der Waals surface area contributed by atoms with Crippen molar-refractivity contribution in [1.29, 1.82) is 0 Å². The number of hydrogen-bond acceptors (Lipinski definition) is 7. The number of methoxy groups -OCH3 is 1. The van der Waals surface area contributed by atoms with Crippen LogP contribution in [0.1, 0.15) is 12.1 Å². The average molecular weight is 270 g/mol. The zero-order chi connectivity index (χ0) is 13.9.